The van der Waals surface area contributed by atoms with Gasteiger partial charge >= 0.3 is 0 Å². The normalized spacial score (nSPS) is 20.4. The predicted molar refractivity (Wildman–Crippen MR) is 68.1 cm³/mol. The van der Waals surface area contributed by atoms with Crippen LogP contribution in [0.2, 0.25) is 0 Å². The molecule has 1 fully saturated rings. The van der Waals surface area contributed by atoms with E-state index in [2.05, 4.69) is 43.0 Å². The van der Waals surface area contributed by atoms with Crippen molar-refractivity contribution < 1.29 is 4.74 Å². The number of nitrogens with zero attached hydrogens (tertiary/aromatic N) is 2. The van der Waals surface area contributed by atoms with E-state index in [1.807, 2.05) is 6.07 Å². The summed E-state index contributed by atoms with van der Waals surface area (Å²) in [5, 5.41) is 9.18. The van der Waals surface area contributed by atoms with Crippen LogP contribution in [-0.4, -0.2) is 25.8 Å². The zero-order valence-corrected chi connectivity index (χ0v) is 10.4. The lowest BCUT2D eigenvalue weighted by Crippen LogP contribution is -2.45. The number of morpholine rings is 1. The van der Waals surface area contributed by atoms with Crippen LogP contribution in [0, 0.1) is 11.3 Å². The second-order valence-electron chi connectivity index (χ2n) is 4.63. The highest BCUT2D eigenvalue weighted by Gasteiger charge is 2.24. The van der Waals surface area contributed by atoms with Crippen molar-refractivity contribution >= 4 is 5.69 Å². The molecule has 17 heavy (non-hydrogen) atoms. The molecule has 0 amide bonds. The van der Waals surface area contributed by atoms with Gasteiger partial charge in [0.2, 0.25) is 0 Å². The molecule has 1 heterocycles. The smallest absolute Gasteiger partial charge is 0.140 e. The number of para-hydroxylation sites is 1. The molecule has 3 heteroatoms. The lowest BCUT2D eigenvalue weighted by atomic mass is 9.99. The summed E-state index contributed by atoms with van der Waals surface area (Å²) in [6.07, 6.45) is 0. The average Bonchev–Trinajstić information content (AvgIpc) is 2.38. The lowest BCUT2D eigenvalue weighted by Gasteiger charge is -2.35. The molecule has 0 bridgehead atoms. The maximum Gasteiger partial charge on any atom is 0.140 e. The van der Waals surface area contributed by atoms with Gasteiger partial charge in [-0.15, -0.1) is 0 Å². The van der Waals surface area contributed by atoms with Crippen molar-refractivity contribution in [3.05, 3.63) is 29.8 Å². The van der Waals surface area contributed by atoms with Crippen LogP contribution in [0.25, 0.3) is 0 Å². The fraction of sp³-hybridized carbons (Fsp3) is 0.500. The van der Waals surface area contributed by atoms with Crippen molar-refractivity contribution in [1.29, 1.82) is 5.26 Å². The van der Waals surface area contributed by atoms with Crippen LogP contribution in [-0.2, 0) is 4.74 Å². The minimum atomic E-state index is -0.163. The monoisotopic (exact) mass is 230 g/mol. The van der Waals surface area contributed by atoms with E-state index < -0.39 is 0 Å². The van der Waals surface area contributed by atoms with E-state index in [1.54, 1.807) is 0 Å². The van der Waals surface area contributed by atoms with Gasteiger partial charge in [-0.25, -0.2) is 0 Å². The summed E-state index contributed by atoms with van der Waals surface area (Å²) in [5.41, 5.74) is 2.48. The Morgan fingerprint density at radius 1 is 1.41 bits per heavy atom. The number of hydrogen-bond donors (Lipinski definition) is 0. The van der Waals surface area contributed by atoms with E-state index in [0.29, 0.717) is 19.1 Å². The van der Waals surface area contributed by atoms with Crippen molar-refractivity contribution in [1.82, 2.24) is 0 Å². The molecule has 1 unspecified atom stereocenters. The molecule has 2 rings (SSSR count). The zero-order valence-electron chi connectivity index (χ0n) is 10.4. The molecule has 0 radical (unpaired) electrons. The maximum atomic E-state index is 9.18. The van der Waals surface area contributed by atoms with Gasteiger partial charge < -0.3 is 9.64 Å². The highest BCUT2D eigenvalue weighted by molar-refractivity contribution is 5.57. The summed E-state index contributed by atoms with van der Waals surface area (Å²) >= 11 is 0. The molecule has 1 aromatic rings. The number of ether oxygens (including phenoxy) is 1. The molecular weight excluding hydrogens is 212 g/mol. The third-order valence-corrected chi connectivity index (χ3v) is 3.15. The van der Waals surface area contributed by atoms with E-state index in [0.717, 1.165) is 6.54 Å². The fourth-order valence-corrected chi connectivity index (χ4v) is 2.24. The van der Waals surface area contributed by atoms with E-state index in [-0.39, 0.29) is 6.04 Å². The summed E-state index contributed by atoms with van der Waals surface area (Å²) in [7, 11) is 0. The van der Waals surface area contributed by atoms with Crippen LogP contribution in [0.4, 0.5) is 5.69 Å². The van der Waals surface area contributed by atoms with Crippen molar-refractivity contribution in [2.45, 2.75) is 25.8 Å². The van der Waals surface area contributed by atoms with Crippen LogP contribution in [0.15, 0.2) is 24.3 Å². The third kappa shape index (κ3) is 2.42. The Bertz CT molecular complexity index is 422. The van der Waals surface area contributed by atoms with Crippen LogP contribution < -0.4 is 4.90 Å². The van der Waals surface area contributed by atoms with Gasteiger partial charge in [0.25, 0.3) is 0 Å². The molecule has 90 valence electrons. The summed E-state index contributed by atoms with van der Waals surface area (Å²) in [6.45, 7) is 6.36. The van der Waals surface area contributed by atoms with Crippen molar-refractivity contribution in [3.8, 4) is 6.07 Å². The summed E-state index contributed by atoms with van der Waals surface area (Å²) in [6, 6.07) is 10.5. The maximum absolute atomic E-state index is 9.18. The largest absolute Gasteiger partial charge is 0.376 e. The molecule has 0 N–H and O–H groups in total. The van der Waals surface area contributed by atoms with Crippen molar-refractivity contribution in [3.63, 3.8) is 0 Å². The quantitative estimate of drug-likeness (QED) is 0.783. The van der Waals surface area contributed by atoms with Crippen LogP contribution in [0.3, 0.4) is 0 Å². The first-order chi connectivity index (χ1) is 8.24. The molecular formula is C14H18N2O. The van der Waals surface area contributed by atoms with Crippen LogP contribution in [0.5, 0.6) is 0 Å². The first-order valence-electron chi connectivity index (χ1n) is 6.07. The Kier molecular flexibility index (Phi) is 3.65. The molecule has 1 atom stereocenters. The molecule has 3 nitrogen and oxygen atoms in total. The van der Waals surface area contributed by atoms with Gasteiger partial charge in [-0.1, -0.05) is 32.0 Å². The number of rotatable bonds is 2. The summed E-state index contributed by atoms with van der Waals surface area (Å²) < 4.78 is 5.36. The van der Waals surface area contributed by atoms with E-state index in [1.165, 1.54) is 11.3 Å². The highest BCUT2D eigenvalue weighted by Crippen LogP contribution is 2.29. The first kappa shape index (κ1) is 11.9. The zero-order chi connectivity index (χ0) is 12.3. The Morgan fingerprint density at radius 2 is 2.18 bits per heavy atom. The number of anilines is 1. The third-order valence-electron chi connectivity index (χ3n) is 3.15. The fourth-order valence-electron chi connectivity index (χ4n) is 2.24. The molecule has 1 saturated heterocycles. The number of nitriles is 1. The Morgan fingerprint density at radius 3 is 2.88 bits per heavy atom. The number of benzene rings is 1. The van der Waals surface area contributed by atoms with Gasteiger partial charge in [0.1, 0.15) is 6.04 Å². The number of hydrogen-bond acceptors (Lipinski definition) is 3. The second-order valence-corrected chi connectivity index (χ2v) is 4.63. The van der Waals surface area contributed by atoms with E-state index in [9.17, 15) is 5.26 Å². The second kappa shape index (κ2) is 5.20. The van der Waals surface area contributed by atoms with E-state index in [4.69, 9.17) is 4.74 Å². The van der Waals surface area contributed by atoms with E-state index >= 15 is 0 Å². The predicted octanol–water partition coefficient (Wildman–Crippen LogP) is 2.54. The van der Waals surface area contributed by atoms with Gasteiger partial charge in [0.15, 0.2) is 0 Å². The van der Waals surface area contributed by atoms with Gasteiger partial charge in [0.05, 0.1) is 19.3 Å². The van der Waals surface area contributed by atoms with Gasteiger partial charge in [-0.3, -0.25) is 0 Å². The van der Waals surface area contributed by atoms with Crippen LogP contribution in [0.1, 0.15) is 25.3 Å². The topological polar surface area (TPSA) is 36.3 Å². The Hall–Kier alpha value is -1.53. The minimum Gasteiger partial charge on any atom is -0.376 e. The molecule has 0 aromatic heterocycles. The van der Waals surface area contributed by atoms with Gasteiger partial charge in [-0.2, -0.15) is 5.26 Å². The standard InChI is InChI=1S/C14H18N2O/c1-11(2)13-5-3-4-6-14(13)16-7-8-17-10-12(16)9-15/h3-6,11-12H,7-8,10H2,1-2H3. The highest BCUT2D eigenvalue weighted by atomic mass is 16.5. The SMILES string of the molecule is CC(C)c1ccccc1N1CCOCC1C#N. The average molecular weight is 230 g/mol. The van der Waals surface area contributed by atoms with Crippen molar-refractivity contribution in [2.24, 2.45) is 0 Å². The molecule has 1 aromatic carbocycles. The van der Waals surface area contributed by atoms with Gasteiger partial charge in [-0.05, 0) is 17.5 Å². The molecule has 1 aliphatic heterocycles. The molecule has 0 saturated carbocycles. The Labute approximate surface area is 103 Å². The first-order valence-corrected chi connectivity index (χ1v) is 6.07. The molecule has 1 aliphatic rings. The Balaban J connectivity index is 2.35. The summed E-state index contributed by atoms with van der Waals surface area (Å²) in [5.74, 6) is 0.466. The summed E-state index contributed by atoms with van der Waals surface area (Å²) in [4.78, 5) is 2.17. The molecule has 0 spiro atoms. The minimum absolute atomic E-state index is 0.163. The van der Waals surface area contributed by atoms with Gasteiger partial charge in [0, 0.05) is 12.2 Å². The van der Waals surface area contributed by atoms with Crippen LogP contribution >= 0.6 is 0 Å². The molecule has 0 aliphatic carbocycles. The van der Waals surface area contributed by atoms with Crippen molar-refractivity contribution in [2.75, 3.05) is 24.7 Å². The lowest BCUT2D eigenvalue weighted by molar-refractivity contribution is 0.107.